The Morgan fingerprint density at radius 1 is 1.12 bits per heavy atom. The van der Waals surface area contributed by atoms with Crippen LogP contribution in [0.5, 0.6) is 0 Å². The van der Waals surface area contributed by atoms with Crippen LogP contribution in [0.1, 0.15) is 57.8 Å². The smallest absolute Gasteiger partial charge is 0.139 e. The molecule has 0 saturated carbocycles. The first-order chi connectivity index (χ1) is 7.43. The molecular weight excluding hydrogens is 200 g/mol. The van der Waals surface area contributed by atoms with Gasteiger partial charge in [0.05, 0.1) is 11.6 Å². The van der Waals surface area contributed by atoms with Crippen LogP contribution in [-0.2, 0) is 4.79 Å². The molecule has 16 heavy (non-hydrogen) atoms. The minimum Gasteiger partial charge on any atom is -0.299 e. The fourth-order valence-electron chi connectivity index (χ4n) is 1.89. The summed E-state index contributed by atoms with van der Waals surface area (Å²) in [5.41, 5.74) is 1.85. The lowest BCUT2D eigenvalue weighted by Gasteiger charge is -2.18. The third kappa shape index (κ3) is 2.87. The normalized spacial score (nSPS) is 13.2. The highest BCUT2D eigenvalue weighted by Gasteiger charge is 2.22. The van der Waals surface area contributed by atoms with E-state index in [1.807, 2.05) is 19.9 Å². The fraction of sp³-hybridized carbons (Fsp3) is 0.615. The fourth-order valence-corrected chi connectivity index (χ4v) is 1.89. The minimum atomic E-state index is -0.111. The van der Waals surface area contributed by atoms with Gasteiger partial charge >= 0.3 is 0 Å². The van der Waals surface area contributed by atoms with Gasteiger partial charge in [-0.3, -0.25) is 4.79 Å². The van der Waals surface area contributed by atoms with E-state index in [9.17, 15) is 4.79 Å². The van der Waals surface area contributed by atoms with Crippen molar-refractivity contribution in [2.75, 3.05) is 0 Å². The molecule has 0 aliphatic heterocycles. The molecule has 1 atom stereocenters. The summed E-state index contributed by atoms with van der Waals surface area (Å²) in [7, 11) is 0. The second kappa shape index (κ2) is 5.19. The average molecular weight is 220 g/mol. The van der Waals surface area contributed by atoms with Crippen molar-refractivity contribution in [2.24, 2.45) is 5.92 Å². The van der Waals surface area contributed by atoms with Crippen molar-refractivity contribution < 1.29 is 4.79 Å². The van der Waals surface area contributed by atoms with E-state index >= 15 is 0 Å². The summed E-state index contributed by atoms with van der Waals surface area (Å²) in [6.07, 6.45) is 1.56. The summed E-state index contributed by atoms with van der Waals surface area (Å²) in [6.45, 7) is 9.89. The van der Waals surface area contributed by atoms with Crippen molar-refractivity contribution in [1.82, 2.24) is 9.97 Å². The maximum absolute atomic E-state index is 11.6. The molecule has 3 heteroatoms. The van der Waals surface area contributed by atoms with Gasteiger partial charge in [-0.1, -0.05) is 27.7 Å². The van der Waals surface area contributed by atoms with Crippen LogP contribution >= 0.6 is 0 Å². The van der Waals surface area contributed by atoms with Crippen LogP contribution < -0.4 is 0 Å². The highest BCUT2D eigenvalue weighted by Crippen LogP contribution is 2.25. The standard InChI is InChI=1S/C13H20N2O/c1-8(2)11-6-12(15-7-14-11)13(9(3)4)10(5)16/h6-9,13H,1-5H3. The van der Waals surface area contributed by atoms with E-state index in [-0.39, 0.29) is 17.6 Å². The Morgan fingerprint density at radius 3 is 2.12 bits per heavy atom. The van der Waals surface area contributed by atoms with Gasteiger partial charge in [-0.05, 0) is 24.8 Å². The van der Waals surface area contributed by atoms with Crippen LogP contribution in [0.4, 0.5) is 0 Å². The number of ketones is 1. The Bertz CT molecular complexity index is 372. The number of rotatable bonds is 4. The van der Waals surface area contributed by atoms with Gasteiger partial charge in [0.2, 0.25) is 0 Å². The van der Waals surface area contributed by atoms with E-state index in [0.717, 1.165) is 11.4 Å². The maximum atomic E-state index is 11.6. The molecule has 0 aromatic carbocycles. The summed E-state index contributed by atoms with van der Waals surface area (Å²) in [4.78, 5) is 20.1. The molecule has 1 aromatic rings. The predicted octanol–water partition coefficient (Wildman–Crippen LogP) is 2.93. The van der Waals surface area contributed by atoms with Crippen LogP contribution in [-0.4, -0.2) is 15.8 Å². The lowest BCUT2D eigenvalue weighted by atomic mass is 9.88. The van der Waals surface area contributed by atoms with Gasteiger partial charge in [0.15, 0.2) is 0 Å². The van der Waals surface area contributed by atoms with E-state index in [1.54, 1.807) is 13.3 Å². The Morgan fingerprint density at radius 2 is 1.69 bits per heavy atom. The summed E-state index contributed by atoms with van der Waals surface area (Å²) in [5, 5.41) is 0. The quantitative estimate of drug-likeness (QED) is 0.783. The number of carbonyl (C=O) groups excluding carboxylic acids is 1. The molecule has 1 rings (SSSR count). The summed E-state index contributed by atoms with van der Waals surface area (Å²) in [6, 6.07) is 1.96. The molecule has 1 aromatic heterocycles. The molecule has 1 heterocycles. The zero-order valence-corrected chi connectivity index (χ0v) is 10.7. The number of nitrogens with zero attached hydrogens (tertiary/aromatic N) is 2. The van der Waals surface area contributed by atoms with E-state index in [4.69, 9.17) is 0 Å². The van der Waals surface area contributed by atoms with Crippen LogP contribution in [0.25, 0.3) is 0 Å². The van der Waals surface area contributed by atoms with E-state index in [0.29, 0.717) is 5.92 Å². The van der Waals surface area contributed by atoms with Gasteiger partial charge in [-0.25, -0.2) is 9.97 Å². The largest absolute Gasteiger partial charge is 0.299 e. The second-order valence-electron chi connectivity index (χ2n) is 4.85. The third-order valence-corrected chi connectivity index (χ3v) is 2.72. The molecule has 1 unspecified atom stereocenters. The molecule has 0 bridgehead atoms. The minimum absolute atomic E-state index is 0.111. The summed E-state index contributed by atoms with van der Waals surface area (Å²) < 4.78 is 0. The molecular formula is C13H20N2O. The predicted molar refractivity (Wildman–Crippen MR) is 64.4 cm³/mol. The highest BCUT2D eigenvalue weighted by atomic mass is 16.1. The Hall–Kier alpha value is -1.25. The molecule has 0 amide bonds. The molecule has 0 aliphatic rings. The van der Waals surface area contributed by atoms with Crippen LogP contribution in [0, 0.1) is 5.92 Å². The molecule has 0 aliphatic carbocycles. The van der Waals surface area contributed by atoms with Gasteiger partial charge in [0, 0.05) is 5.69 Å². The topological polar surface area (TPSA) is 42.9 Å². The molecule has 88 valence electrons. The van der Waals surface area contributed by atoms with Crippen LogP contribution in [0.15, 0.2) is 12.4 Å². The first-order valence-electron chi connectivity index (χ1n) is 5.75. The van der Waals surface area contributed by atoms with Crippen LogP contribution in [0.2, 0.25) is 0 Å². The molecule has 0 N–H and O–H groups in total. The van der Waals surface area contributed by atoms with Gasteiger partial charge in [0.25, 0.3) is 0 Å². The SMILES string of the molecule is CC(=O)C(c1cc(C(C)C)ncn1)C(C)C. The number of hydrogen-bond donors (Lipinski definition) is 0. The van der Waals surface area contributed by atoms with Gasteiger partial charge < -0.3 is 0 Å². The highest BCUT2D eigenvalue weighted by molar-refractivity contribution is 5.83. The summed E-state index contributed by atoms with van der Waals surface area (Å²) in [5.74, 6) is 0.692. The number of carbonyl (C=O) groups is 1. The molecule has 0 spiro atoms. The van der Waals surface area contributed by atoms with Crippen LogP contribution in [0.3, 0.4) is 0 Å². The van der Waals surface area contributed by atoms with E-state index in [1.165, 1.54) is 0 Å². The molecule has 0 fully saturated rings. The van der Waals surface area contributed by atoms with Crippen molar-refractivity contribution in [3.8, 4) is 0 Å². The number of aromatic nitrogens is 2. The maximum Gasteiger partial charge on any atom is 0.139 e. The van der Waals surface area contributed by atoms with E-state index in [2.05, 4.69) is 23.8 Å². The van der Waals surface area contributed by atoms with Crippen molar-refractivity contribution in [3.63, 3.8) is 0 Å². The average Bonchev–Trinajstić information content (AvgIpc) is 2.16. The Kier molecular flexibility index (Phi) is 4.16. The lowest BCUT2D eigenvalue weighted by Crippen LogP contribution is -2.17. The first kappa shape index (κ1) is 12.8. The second-order valence-corrected chi connectivity index (χ2v) is 4.85. The van der Waals surface area contributed by atoms with Crippen molar-refractivity contribution in [3.05, 3.63) is 23.8 Å². The zero-order chi connectivity index (χ0) is 12.3. The zero-order valence-electron chi connectivity index (χ0n) is 10.7. The van der Waals surface area contributed by atoms with Crippen molar-refractivity contribution in [1.29, 1.82) is 0 Å². The summed E-state index contributed by atoms with van der Waals surface area (Å²) >= 11 is 0. The van der Waals surface area contributed by atoms with Gasteiger partial charge in [-0.2, -0.15) is 0 Å². The monoisotopic (exact) mass is 220 g/mol. The molecule has 3 nitrogen and oxygen atoms in total. The molecule has 0 radical (unpaired) electrons. The van der Waals surface area contributed by atoms with Crippen molar-refractivity contribution >= 4 is 5.78 Å². The van der Waals surface area contributed by atoms with Gasteiger partial charge in [-0.15, -0.1) is 0 Å². The Labute approximate surface area is 97.3 Å². The number of hydrogen-bond acceptors (Lipinski definition) is 3. The lowest BCUT2D eigenvalue weighted by molar-refractivity contribution is -0.119. The van der Waals surface area contributed by atoms with E-state index < -0.39 is 0 Å². The van der Waals surface area contributed by atoms with Crippen molar-refractivity contribution in [2.45, 2.75) is 46.5 Å². The molecule has 0 saturated heterocycles. The number of Topliss-reactive ketones (excluding diaryl/α,β-unsaturated/α-hetero) is 1. The first-order valence-corrected chi connectivity index (χ1v) is 5.75. The van der Waals surface area contributed by atoms with Gasteiger partial charge in [0.1, 0.15) is 12.1 Å². The third-order valence-electron chi connectivity index (χ3n) is 2.72. The Balaban J connectivity index is 3.10.